The molecule has 1 aromatic carbocycles. The van der Waals surface area contributed by atoms with Gasteiger partial charge in [-0.2, -0.15) is 5.26 Å². The number of nitrogens with zero attached hydrogens (tertiary/aromatic N) is 3. The third kappa shape index (κ3) is 4.36. The number of aliphatic hydroxyl groups excluding tert-OH is 1. The molecule has 0 aliphatic heterocycles. The Kier molecular flexibility index (Phi) is 6.10. The van der Waals surface area contributed by atoms with E-state index in [0.29, 0.717) is 24.1 Å². The average molecular weight is 463 g/mol. The fourth-order valence-electron chi connectivity index (χ4n) is 3.80. The van der Waals surface area contributed by atoms with E-state index in [2.05, 4.69) is 26.1 Å². The Labute approximate surface area is 194 Å². The fraction of sp³-hybridized carbons (Fsp3) is 0.261. The van der Waals surface area contributed by atoms with Crippen LogP contribution in [0.2, 0.25) is 0 Å². The minimum atomic E-state index is 0.0959. The molecule has 4 aromatic rings. The van der Waals surface area contributed by atoms with Gasteiger partial charge in [0, 0.05) is 53.2 Å². The van der Waals surface area contributed by atoms with Gasteiger partial charge in [-0.15, -0.1) is 11.3 Å². The average Bonchev–Trinajstić information content (AvgIpc) is 3.45. The molecule has 0 atom stereocenters. The maximum Gasteiger partial charge on any atom is 0.139 e. The number of aromatic nitrogens is 3. The molecule has 0 unspecified atom stereocenters. The van der Waals surface area contributed by atoms with Gasteiger partial charge in [0.05, 0.1) is 28.6 Å². The lowest BCUT2D eigenvalue weighted by atomic mass is 9.87. The number of H-pyrrole nitrogens is 1. The number of hydrogen-bond donors (Lipinski definition) is 4. The highest BCUT2D eigenvalue weighted by atomic mass is 32.2. The van der Waals surface area contributed by atoms with Crippen molar-refractivity contribution >= 4 is 40.0 Å². The molecule has 0 radical (unpaired) electrons. The summed E-state index contributed by atoms with van der Waals surface area (Å²) in [6, 6.07) is 12.6. The van der Waals surface area contributed by atoms with E-state index >= 15 is 0 Å². The number of rotatable bonds is 8. The molecule has 0 saturated heterocycles. The molecule has 1 saturated carbocycles. The summed E-state index contributed by atoms with van der Waals surface area (Å²) in [7, 11) is 0. The topological polar surface area (TPSA) is 110 Å². The van der Waals surface area contributed by atoms with Crippen molar-refractivity contribution in [2.75, 3.05) is 11.9 Å². The van der Waals surface area contributed by atoms with E-state index in [1.807, 2.05) is 48.1 Å². The van der Waals surface area contributed by atoms with E-state index in [4.69, 9.17) is 10.2 Å². The van der Waals surface area contributed by atoms with E-state index in [-0.39, 0.29) is 6.61 Å². The number of nitrogens with one attached hydrogen (secondary N) is 3. The number of benzene rings is 1. The molecule has 162 valence electrons. The van der Waals surface area contributed by atoms with Gasteiger partial charge in [-0.25, -0.2) is 9.97 Å². The molecule has 0 bridgehead atoms. The van der Waals surface area contributed by atoms with Crippen LogP contribution in [0.1, 0.15) is 24.1 Å². The number of hydrogen-bond acceptors (Lipinski definition) is 8. The maximum atomic E-state index is 9.21. The Balaban J connectivity index is 1.27. The van der Waals surface area contributed by atoms with Crippen molar-refractivity contribution in [2.24, 2.45) is 0 Å². The Morgan fingerprint density at radius 2 is 2.19 bits per heavy atom. The molecule has 3 aromatic heterocycles. The van der Waals surface area contributed by atoms with Crippen LogP contribution < -0.4 is 10.0 Å². The van der Waals surface area contributed by atoms with E-state index in [9.17, 15) is 5.11 Å². The van der Waals surface area contributed by atoms with Crippen LogP contribution in [-0.2, 0) is 6.42 Å². The molecule has 0 amide bonds. The van der Waals surface area contributed by atoms with Crippen LogP contribution >= 0.6 is 23.3 Å². The standard InChI is InChI=1S/C23H22N6OS2/c24-11-14-2-1-3-18(8-14)32-29-17-9-16(10-17)27-21-19-4-6-25-22(19)26-12-20(21)23-28-15(5-7-30)13-31-23/h1-4,6,8,12-13,16-17,29-30H,5,7,9-10H2,(H2,25,26,27). The Morgan fingerprint density at radius 3 is 3.03 bits per heavy atom. The summed E-state index contributed by atoms with van der Waals surface area (Å²) in [5.74, 6) is 0. The number of aliphatic hydroxyl groups is 1. The first-order valence-corrected chi connectivity index (χ1v) is 12.1. The van der Waals surface area contributed by atoms with E-state index in [1.54, 1.807) is 23.3 Å². The first-order chi connectivity index (χ1) is 15.7. The third-order valence-corrected chi connectivity index (χ3v) is 7.40. The highest BCUT2D eigenvalue weighted by Gasteiger charge is 2.30. The molecule has 1 aliphatic rings. The summed E-state index contributed by atoms with van der Waals surface area (Å²) in [6.45, 7) is 0.0959. The van der Waals surface area contributed by atoms with E-state index < -0.39 is 0 Å². The predicted molar refractivity (Wildman–Crippen MR) is 129 cm³/mol. The maximum absolute atomic E-state index is 9.21. The molecular weight excluding hydrogens is 440 g/mol. The third-order valence-electron chi connectivity index (χ3n) is 5.53. The first-order valence-electron chi connectivity index (χ1n) is 10.4. The van der Waals surface area contributed by atoms with Crippen molar-refractivity contribution in [3.63, 3.8) is 0 Å². The molecule has 4 N–H and O–H groups in total. The second-order valence-electron chi connectivity index (χ2n) is 7.77. The van der Waals surface area contributed by atoms with Crippen LogP contribution in [0.5, 0.6) is 0 Å². The van der Waals surface area contributed by atoms with Gasteiger partial charge in [-0.05, 0) is 49.1 Å². The van der Waals surface area contributed by atoms with Gasteiger partial charge in [0.2, 0.25) is 0 Å². The second kappa shape index (κ2) is 9.30. The van der Waals surface area contributed by atoms with Crippen LogP contribution in [0.15, 0.2) is 53.0 Å². The fourth-order valence-corrected chi connectivity index (χ4v) is 5.50. The lowest BCUT2D eigenvalue weighted by molar-refractivity contribution is 0.298. The molecule has 3 heterocycles. The summed E-state index contributed by atoms with van der Waals surface area (Å²) >= 11 is 3.16. The van der Waals surface area contributed by atoms with Gasteiger partial charge < -0.3 is 15.4 Å². The van der Waals surface area contributed by atoms with Crippen molar-refractivity contribution in [1.29, 1.82) is 5.26 Å². The van der Waals surface area contributed by atoms with E-state index in [0.717, 1.165) is 50.7 Å². The summed E-state index contributed by atoms with van der Waals surface area (Å²) in [5, 5.41) is 26.0. The van der Waals surface area contributed by atoms with Crippen LogP contribution in [0.3, 0.4) is 0 Å². The number of pyridine rings is 1. The molecule has 1 fully saturated rings. The smallest absolute Gasteiger partial charge is 0.139 e. The largest absolute Gasteiger partial charge is 0.396 e. The van der Waals surface area contributed by atoms with Gasteiger partial charge >= 0.3 is 0 Å². The zero-order valence-corrected chi connectivity index (χ0v) is 18.8. The van der Waals surface area contributed by atoms with Crippen LogP contribution in [0.4, 0.5) is 5.69 Å². The first kappa shape index (κ1) is 21.0. The van der Waals surface area contributed by atoms with Gasteiger partial charge in [0.25, 0.3) is 0 Å². The molecular formula is C23H22N6OS2. The predicted octanol–water partition coefficient (Wildman–Crippen LogP) is 4.33. The second-order valence-corrected chi connectivity index (χ2v) is 9.54. The molecule has 32 heavy (non-hydrogen) atoms. The van der Waals surface area contributed by atoms with Crippen LogP contribution in [-0.4, -0.2) is 38.7 Å². The molecule has 0 spiro atoms. The molecule has 9 heteroatoms. The molecule has 1 aliphatic carbocycles. The van der Waals surface area contributed by atoms with Crippen molar-refractivity contribution in [3.8, 4) is 16.6 Å². The minimum absolute atomic E-state index is 0.0959. The normalized spacial score (nSPS) is 17.8. The monoisotopic (exact) mass is 462 g/mol. The van der Waals surface area contributed by atoms with Crippen LogP contribution in [0.25, 0.3) is 21.6 Å². The summed E-state index contributed by atoms with van der Waals surface area (Å²) in [4.78, 5) is 13.5. The minimum Gasteiger partial charge on any atom is -0.396 e. The molecule has 5 rings (SSSR count). The van der Waals surface area contributed by atoms with Gasteiger partial charge in [-0.3, -0.25) is 4.72 Å². The van der Waals surface area contributed by atoms with Gasteiger partial charge in [-0.1, -0.05) is 6.07 Å². The van der Waals surface area contributed by atoms with Crippen LogP contribution in [0, 0.1) is 11.3 Å². The van der Waals surface area contributed by atoms with Crippen molar-refractivity contribution in [3.05, 3.63) is 59.4 Å². The summed E-state index contributed by atoms with van der Waals surface area (Å²) in [6.07, 6.45) is 6.35. The zero-order valence-electron chi connectivity index (χ0n) is 17.2. The SMILES string of the molecule is N#Cc1cccc(SNC2CC(Nc3c(-c4nc(CCO)cs4)cnc4[nH]ccc34)C2)c1. The number of thiazole rings is 1. The number of aromatic amines is 1. The molecule has 7 nitrogen and oxygen atoms in total. The zero-order chi connectivity index (χ0) is 21.9. The van der Waals surface area contributed by atoms with Gasteiger partial charge in [0.15, 0.2) is 0 Å². The van der Waals surface area contributed by atoms with Gasteiger partial charge in [0.1, 0.15) is 10.7 Å². The Hall–Kier alpha value is -2.90. The number of nitriles is 1. The van der Waals surface area contributed by atoms with E-state index in [1.165, 1.54) is 0 Å². The van der Waals surface area contributed by atoms with Crippen molar-refractivity contribution < 1.29 is 5.11 Å². The number of anilines is 1. The summed E-state index contributed by atoms with van der Waals surface area (Å²) in [5.41, 5.74) is 4.47. The lowest BCUT2D eigenvalue weighted by Crippen LogP contribution is -2.45. The number of fused-ring (bicyclic) bond motifs is 1. The quantitative estimate of drug-likeness (QED) is 0.289. The Bertz CT molecular complexity index is 1270. The van der Waals surface area contributed by atoms with Crippen molar-refractivity contribution in [2.45, 2.75) is 36.2 Å². The highest BCUT2D eigenvalue weighted by Crippen LogP contribution is 2.38. The highest BCUT2D eigenvalue weighted by molar-refractivity contribution is 7.97. The summed E-state index contributed by atoms with van der Waals surface area (Å²) < 4.78 is 3.51. The van der Waals surface area contributed by atoms with Crippen molar-refractivity contribution in [1.82, 2.24) is 19.7 Å². The Morgan fingerprint density at radius 1 is 1.28 bits per heavy atom. The lowest BCUT2D eigenvalue weighted by Gasteiger charge is -2.37.